The number of rotatable bonds is 16. The number of hydrogen-bond donors (Lipinski definition) is 2. The summed E-state index contributed by atoms with van der Waals surface area (Å²) >= 11 is 0. The molecular formula is C26H42O4. The topological polar surface area (TPSA) is 74.6 Å². The third-order valence-corrected chi connectivity index (χ3v) is 7.11. The third-order valence-electron chi connectivity index (χ3n) is 7.11. The van der Waals surface area contributed by atoms with Crippen molar-refractivity contribution in [3.63, 3.8) is 0 Å². The first-order valence-corrected chi connectivity index (χ1v) is 12.2. The molecule has 3 atom stereocenters. The Morgan fingerprint density at radius 1 is 1.20 bits per heavy atom. The van der Waals surface area contributed by atoms with E-state index in [0.717, 1.165) is 51.4 Å². The van der Waals surface area contributed by atoms with E-state index in [1.165, 1.54) is 32.1 Å². The minimum atomic E-state index is -0.348. The highest BCUT2D eigenvalue weighted by Gasteiger charge is 2.35. The lowest BCUT2D eigenvalue weighted by Gasteiger charge is -2.42. The zero-order chi connectivity index (χ0) is 21.8. The number of carbonyl (C=O) groups is 2. The van der Waals surface area contributed by atoms with Crippen LogP contribution in [0.2, 0.25) is 0 Å². The van der Waals surface area contributed by atoms with E-state index < -0.39 is 0 Å². The zero-order valence-electron chi connectivity index (χ0n) is 18.9. The number of aliphatic hydroxyl groups is 2. The van der Waals surface area contributed by atoms with Crippen molar-refractivity contribution >= 4 is 11.6 Å². The summed E-state index contributed by atoms with van der Waals surface area (Å²) in [5.41, 5.74) is 0.461. The normalized spacial score (nSPS) is 23.8. The van der Waals surface area contributed by atoms with Crippen LogP contribution in [-0.4, -0.2) is 34.5 Å². The molecule has 1 saturated carbocycles. The summed E-state index contributed by atoms with van der Waals surface area (Å²) in [7, 11) is 0. The maximum absolute atomic E-state index is 12.3. The van der Waals surface area contributed by atoms with E-state index in [0.29, 0.717) is 11.8 Å². The van der Waals surface area contributed by atoms with Crippen LogP contribution < -0.4 is 0 Å². The smallest absolute Gasteiger partial charge is 0.159 e. The fourth-order valence-corrected chi connectivity index (χ4v) is 4.95. The minimum Gasteiger partial charge on any atom is -0.393 e. The second kappa shape index (κ2) is 13.2. The lowest BCUT2D eigenvalue weighted by molar-refractivity contribution is -0.121. The fourth-order valence-electron chi connectivity index (χ4n) is 4.95. The Hall–Kier alpha value is -1.26. The second-order valence-electron chi connectivity index (χ2n) is 9.68. The lowest BCUT2D eigenvalue weighted by atomic mass is 9.64. The van der Waals surface area contributed by atoms with Crippen molar-refractivity contribution in [1.29, 1.82) is 0 Å². The van der Waals surface area contributed by atoms with Gasteiger partial charge in [-0.3, -0.25) is 9.59 Å². The van der Waals surface area contributed by atoms with Crippen LogP contribution in [0, 0.1) is 17.3 Å². The van der Waals surface area contributed by atoms with Gasteiger partial charge in [-0.2, -0.15) is 0 Å². The number of carbonyl (C=O) groups excluding carboxylic acids is 2. The summed E-state index contributed by atoms with van der Waals surface area (Å²) in [5, 5.41) is 18.2. The molecule has 4 heteroatoms. The quantitative estimate of drug-likeness (QED) is 0.263. The lowest BCUT2D eigenvalue weighted by Crippen LogP contribution is -2.28. The van der Waals surface area contributed by atoms with Gasteiger partial charge in [-0.15, -0.1) is 0 Å². The Bertz CT molecular complexity index is 586. The van der Waals surface area contributed by atoms with Crippen LogP contribution >= 0.6 is 0 Å². The maximum Gasteiger partial charge on any atom is 0.159 e. The summed E-state index contributed by atoms with van der Waals surface area (Å²) in [6, 6.07) is 0. The molecule has 0 radical (unpaired) electrons. The van der Waals surface area contributed by atoms with Gasteiger partial charge in [0.2, 0.25) is 0 Å². The van der Waals surface area contributed by atoms with Crippen LogP contribution in [0.15, 0.2) is 24.3 Å². The predicted molar refractivity (Wildman–Crippen MR) is 121 cm³/mol. The Balaban J connectivity index is 1.69. The van der Waals surface area contributed by atoms with Gasteiger partial charge in [0.05, 0.1) is 6.10 Å². The number of Topliss-reactive ketones (excluding diaryl/α,β-unsaturated/α-hetero) is 1. The fraction of sp³-hybridized carbons (Fsp3) is 0.769. The first-order valence-electron chi connectivity index (χ1n) is 12.2. The molecule has 0 aliphatic heterocycles. The van der Waals surface area contributed by atoms with E-state index in [-0.39, 0.29) is 36.1 Å². The molecule has 1 fully saturated rings. The molecule has 0 aromatic heterocycles. The van der Waals surface area contributed by atoms with Crippen LogP contribution in [0.3, 0.4) is 0 Å². The predicted octanol–water partition coefficient (Wildman–Crippen LogP) is 5.32. The van der Waals surface area contributed by atoms with Crippen molar-refractivity contribution in [3.8, 4) is 0 Å². The molecule has 1 unspecified atom stereocenters. The van der Waals surface area contributed by atoms with Crippen molar-refractivity contribution in [2.75, 3.05) is 6.61 Å². The number of aliphatic hydroxyl groups excluding tert-OH is 2. The number of allylic oxidation sites excluding steroid dienone is 4. The van der Waals surface area contributed by atoms with Gasteiger partial charge in [-0.05, 0) is 63.4 Å². The van der Waals surface area contributed by atoms with Gasteiger partial charge >= 0.3 is 0 Å². The average Bonchev–Trinajstić information content (AvgIpc) is 3.04. The highest BCUT2D eigenvalue weighted by molar-refractivity contribution is 5.94. The van der Waals surface area contributed by atoms with E-state index in [2.05, 4.69) is 18.2 Å². The van der Waals surface area contributed by atoms with Gasteiger partial charge in [0, 0.05) is 18.3 Å². The van der Waals surface area contributed by atoms with E-state index in [9.17, 15) is 14.7 Å². The number of hydrogen-bond acceptors (Lipinski definition) is 4. The molecule has 2 aliphatic carbocycles. The molecule has 0 heterocycles. The third kappa shape index (κ3) is 8.47. The maximum atomic E-state index is 12.3. The SMILES string of the molecule is CC(O)CCCCC1(CC=C[C@H]2C=CC(=O)[C@@H]2CCCCCCC(=O)CO)CCC1. The van der Waals surface area contributed by atoms with Gasteiger partial charge < -0.3 is 10.2 Å². The Labute approximate surface area is 182 Å². The first-order chi connectivity index (χ1) is 14.5. The summed E-state index contributed by atoms with van der Waals surface area (Å²) in [6.45, 7) is 1.52. The van der Waals surface area contributed by atoms with Crippen molar-refractivity contribution in [1.82, 2.24) is 0 Å². The highest BCUT2D eigenvalue weighted by atomic mass is 16.3. The molecule has 0 aromatic carbocycles. The van der Waals surface area contributed by atoms with E-state index in [1.54, 1.807) is 6.08 Å². The van der Waals surface area contributed by atoms with Gasteiger partial charge in [0.1, 0.15) is 6.61 Å². The Kier molecular flexibility index (Phi) is 11.0. The molecule has 4 nitrogen and oxygen atoms in total. The summed E-state index contributed by atoms with van der Waals surface area (Å²) in [5.74, 6) is 0.503. The van der Waals surface area contributed by atoms with Gasteiger partial charge in [-0.25, -0.2) is 0 Å². The van der Waals surface area contributed by atoms with Crippen molar-refractivity contribution in [2.24, 2.45) is 17.3 Å². The highest BCUT2D eigenvalue weighted by Crippen LogP contribution is 2.48. The van der Waals surface area contributed by atoms with Gasteiger partial charge in [-0.1, -0.05) is 56.8 Å². The number of ketones is 2. The molecule has 170 valence electrons. The van der Waals surface area contributed by atoms with E-state index in [4.69, 9.17) is 5.11 Å². The molecule has 0 spiro atoms. The van der Waals surface area contributed by atoms with Crippen LogP contribution in [-0.2, 0) is 9.59 Å². The molecule has 0 saturated heterocycles. The Morgan fingerprint density at radius 3 is 2.63 bits per heavy atom. The molecule has 2 rings (SSSR count). The summed E-state index contributed by atoms with van der Waals surface area (Å²) in [6.07, 6.45) is 23.0. The van der Waals surface area contributed by atoms with Crippen LogP contribution in [0.1, 0.15) is 96.8 Å². The van der Waals surface area contributed by atoms with Gasteiger partial charge in [0.15, 0.2) is 11.6 Å². The van der Waals surface area contributed by atoms with Crippen LogP contribution in [0.5, 0.6) is 0 Å². The number of unbranched alkanes of at least 4 members (excludes halogenated alkanes) is 4. The van der Waals surface area contributed by atoms with Crippen LogP contribution in [0.25, 0.3) is 0 Å². The van der Waals surface area contributed by atoms with E-state index in [1.807, 2.05) is 6.92 Å². The van der Waals surface area contributed by atoms with Crippen molar-refractivity contribution < 1.29 is 19.8 Å². The van der Waals surface area contributed by atoms with Crippen LogP contribution in [0.4, 0.5) is 0 Å². The monoisotopic (exact) mass is 418 g/mol. The summed E-state index contributed by atoms with van der Waals surface area (Å²) < 4.78 is 0. The molecular weight excluding hydrogens is 376 g/mol. The molecule has 2 aliphatic rings. The molecule has 0 amide bonds. The Morgan fingerprint density at radius 2 is 1.97 bits per heavy atom. The van der Waals surface area contributed by atoms with Gasteiger partial charge in [0.25, 0.3) is 0 Å². The zero-order valence-corrected chi connectivity index (χ0v) is 18.9. The summed E-state index contributed by atoms with van der Waals surface area (Å²) in [4.78, 5) is 23.4. The standard InChI is InChI=1S/C26H42O4/c1-21(28)10-6-7-16-26(18-9-19-26)17-8-11-22-14-15-25(30)24(22)13-5-3-2-4-12-23(29)20-27/h8,11,14-15,21-22,24,27-28H,2-7,9-10,12-13,16-20H2,1H3/t21?,22-,24+/m0/s1. The second-order valence-corrected chi connectivity index (χ2v) is 9.68. The molecule has 0 bridgehead atoms. The molecule has 30 heavy (non-hydrogen) atoms. The molecule has 0 aromatic rings. The first kappa shape index (κ1) is 25.0. The molecule has 2 N–H and O–H groups in total. The minimum absolute atomic E-state index is 0.0810. The van der Waals surface area contributed by atoms with E-state index >= 15 is 0 Å². The average molecular weight is 419 g/mol. The largest absolute Gasteiger partial charge is 0.393 e. The van der Waals surface area contributed by atoms with Crippen molar-refractivity contribution in [3.05, 3.63) is 24.3 Å². The van der Waals surface area contributed by atoms with Crippen molar-refractivity contribution in [2.45, 2.75) is 103 Å².